The van der Waals surface area contributed by atoms with Gasteiger partial charge in [0.1, 0.15) is 6.61 Å². The fourth-order valence-corrected chi connectivity index (χ4v) is 2.31. The number of rotatable bonds is 1. The lowest BCUT2D eigenvalue weighted by Gasteiger charge is -2.28. The van der Waals surface area contributed by atoms with E-state index in [9.17, 15) is 9.59 Å². The number of carbonyl (C=O) groups is 2. The van der Waals surface area contributed by atoms with Gasteiger partial charge >= 0.3 is 6.09 Å². The second-order valence-electron chi connectivity index (χ2n) is 4.67. The number of carbonyl (C=O) groups excluding carboxylic acids is 2. The first-order valence-electron chi connectivity index (χ1n) is 5.76. The fourth-order valence-electron chi connectivity index (χ4n) is 2.31. The molecule has 0 unspecified atom stereocenters. The zero-order valence-electron chi connectivity index (χ0n) is 9.68. The highest BCUT2D eigenvalue weighted by molar-refractivity contribution is 5.94. The average Bonchev–Trinajstić information content (AvgIpc) is 2.67. The minimum Gasteiger partial charge on any atom is -0.447 e. The smallest absolute Gasteiger partial charge is 0.416 e. The van der Waals surface area contributed by atoms with Crippen molar-refractivity contribution in [1.82, 2.24) is 4.90 Å². The molecule has 2 aliphatic rings. The minimum absolute atomic E-state index is 0.0776. The third-order valence-electron chi connectivity index (χ3n) is 3.35. The highest BCUT2D eigenvalue weighted by Crippen LogP contribution is 2.30. The van der Waals surface area contributed by atoms with Crippen LogP contribution in [0.5, 0.6) is 0 Å². The number of cyclic esters (lactones) is 1. The Morgan fingerprint density at radius 1 is 1.44 bits per heavy atom. The van der Waals surface area contributed by atoms with Gasteiger partial charge in [-0.2, -0.15) is 0 Å². The molecule has 1 fully saturated rings. The molecule has 0 N–H and O–H groups in total. The fraction of sp³-hybridized carbons (Fsp3) is 0.667. The third-order valence-corrected chi connectivity index (χ3v) is 3.35. The van der Waals surface area contributed by atoms with Crippen LogP contribution < -0.4 is 0 Å². The number of nitrogens with zero attached hydrogens (tertiary/aromatic N) is 1. The summed E-state index contributed by atoms with van der Waals surface area (Å²) in [7, 11) is 0. The van der Waals surface area contributed by atoms with E-state index in [1.165, 1.54) is 4.90 Å². The second kappa shape index (κ2) is 4.28. The zero-order chi connectivity index (χ0) is 11.7. The summed E-state index contributed by atoms with van der Waals surface area (Å²) in [6.07, 6.45) is 4.54. The van der Waals surface area contributed by atoms with E-state index in [1.807, 2.05) is 6.92 Å². The molecule has 2 amide bonds. The summed E-state index contributed by atoms with van der Waals surface area (Å²) in [4.78, 5) is 24.7. The van der Waals surface area contributed by atoms with E-state index in [1.54, 1.807) is 0 Å². The van der Waals surface area contributed by atoms with Crippen molar-refractivity contribution in [2.75, 3.05) is 13.2 Å². The SMILES string of the molecule is C[C@@H]1C=C[C@H](C)C[C@@H]1C(=O)N1CCOC1=O. The minimum atomic E-state index is -0.487. The summed E-state index contributed by atoms with van der Waals surface area (Å²) in [5, 5.41) is 0. The van der Waals surface area contributed by atoms with Gasteiger partial charge in [-0.3, -0.25) is 4.79 Å². The van der Waals surface area contributed by atoms with Crippen molar-refractivity contribution in [3.8, 4) is 0 Å². The Hall–Kier alpha value is -1.32. The van der Waals surface area contributed by atoms with Crippen molar-refractivity contribution in [2.24, 2.45) is 17.8 Å². The largest absolute Gasteiger partial charge is 0.447 e. The molecule has 16 heavy (non-hydrogen) atoms. The van der Waals surface area contributed by atoms with Gasteiger partial charge in [0.15, 0.2) is 0 Å². The molecular formula is C12H17NO3. The van der Waals surface area contributed by atoms with E-state index >= 15 is 0 Å². The van der Waals surface area contributed by atoms with E-state index in [4.69, 9.17) is 4.74 Å². The molecule has 0 aromatic heterocycles. The van der Waals surface area contributed by atoms with E-state index in [-0.39, 0.29) is 17.7 Å². The van der Waals surface area contributed by atoms with Crippen LogP contribution in [0.25, 0.3) is 0 Å². The van der Waals surface area contributed by atoms with E-state index < -0.39 is 6.09 Å². The van der Waals surface area contributed by atoms with Crippen molar-refractivity contribution in [3.05, 3.63) is 12.2 Å². The summed E-state index contributed by atoms with van der Waals surface area (Å²) in [5.74, 6) is 0.456. The number of imide groups is 1. The number of hydrogen-bond acceptors (Lipinski definition) is 3. The molecule has 4 heteroatoms. The normalized spacial score (nSPS) is 34.0. The van der Waals surface area contributed by atoms with Gasteiger partial charge in [0.05, 0.1) is 6.54 Å². The summed E-state index contributed by atoms with van der Waals surface area (Å²) >= 11 is 0. The molecule has 2 rings (SSSR count). The molecule has 0 aromatic rings. The van der Waals surface area contributed by atoms with Crippen LogP contribution in [-0.2, 0) is 9.53 Å². The quantitative estimate of drug-likeness (QED) is 0.637. The maximum atomic E-state index is 12.2. The van der Waals surface area contributed by atoms with Crippen LogP contribution >= 0.6 is 0 Å². The van der Waals surface area contributed by atoms with Crippen molar-refractivity contribution in [2.45, 2.75) is 20.3 Å². The monoisotopic (exact) mass is 223 g/mol. The molecule has 0 aromatic carbocycles. The standard InChI is InChI=1S/C12H17NO3/c1-8-3-4-9(2)10(7-8)11(14)13-5-6-16-12(13)15/h3-4,8-10H,5-7H2,1-2H3/t8-,9+,10-/m0/s1. The lowest BCUT2D eigenvalue weighted by molar-refractivity contribution is -0.133. The van der Waals surface area contributed by atoms with Gasteiger partial charge in [-0.25, -0.2) is 9.69 Å². The Morgan fingerprint density at radius 2 is 2.19 bits per heavy atom. The van der Waals surface area contributed by atoms with Gasteiger partial charge in [0.2, 0.25) is 5.91 Å². The summed E-state index contributed by atoms with van der Waals surface area (Å²) in [6, 6.07) is 0. The molecular weight excluding hydrogens is 206 g/mol. The number of amides is 2. The van der Waals surface area contributed by atoms with Crippen LogP contribution in [0.2, 0.25) is 0 Å². The maximum absolute atomic E-state index is 12.2. The Kier molecular flexibility index (Phi) is 2.99. The van der Waals surface area contributed by atoms with Gasteiger partial charge in [-0.15, -0.1) is 0 Å². The lowest BCUT2D eigenvalue weighted by Crippen LogP contribution is -2.40. The number of allylic oxidation sites excluding steroid dienone is 2. The Balaban J connectivity index is 2.09. The number of hydrogen-bond donors (Lipinski definition) is 0. The summed E-state index contributed by atoms with van der Waals surface area (Å²) < 4.78 is 4.79. The summed E-state index contributed by atoms with van der Waals surface area (Å²) in [6.45, 7) is 4.84. The van der Waals surface area contributed by atoms with Crippen LogP contribution in [0.4, 0.5) is 4.79 Å². The Morgan fingerprint density at radius 3 is 2.81 bits per heavy atom. The van der Waals surface area contributed by atoms with Crippen LogP contribution in [0.15, 0.2) is 12.2 Å². The van der Waals surface area contributed by atoms with Gasteiger partial charge < -0.3 is 4.74 Å². The topological polar surface area (TPSA) is 46.6 Å². The molecule has 0 radical (unpaired) electrons. The molecule has 4 nitrogen and oxygen atoms in total. The highest BCUT2D eigenvalue weighted by Gasteiger charge is 2.36. The molecule has 1 aliphatic heterocycles. The van der Waals surface area contributed by atoms with E-state index in [0.29, 0.717) is 19.1 Å². The Labute approximate surface area is 95.2 Å². The van der Waals surface area contributed by atoms with Gasteiger partial charge in [-0.1, -0.05) is 26.0 Å². The van der Waals surface area contributed by atoms with Crippen LogP contribution in [0.1, 0.15) is 20.3 Å². The second-order valence-corrected chi connectivity index (χ2v) is 4.67. The molecule has 3 atom stereocenters. The molecule has 1 aliphatic carbocycles. The van der Waals surface area contributed by atoms with Crippen LogP contribution in [0.3, 0.4) is 0 Å². The van der Waals surface area contributed by atoms with Crippen LogP contribution in [0, 0.1) is 17.8 Å². The highest BCUT2D eigenvalue weighted by atomic mass is 16.6. The van der Waals surface area contributed by atoms with Crippen LogP contribution in [-0.4, -0.2) is 30.1 Å². The van der Waals surface area contributed by atoms with Crippen molar-refractivity contribution < 1.29 is 14.3 Å². The third kappa shape index (κ3) is 1.96. The van der Waals surface area contributed by atoms with E-state index in [0.717, 1.165) is 6.42 Å². The predicted octanol–water partition coefficient (Wildman–Crippen LogP) is 1.81. The van der Waals surface area contributed by atoms with Gasteiger partial charge in [-0.05, 0) is 18.3 Å². The molecule has 0 spiro atoms. The lowest BCUT2D eigenvalue weighted by atomic mass is 9.80. The average molecular weight is 223 g/mol. The van der Waals surface area contributed by atoms with Gasteiger partial charge in [0.25, 0.3) is 0 Å². The summed E-state index contributed by atoms with van der Waals surface area (Å²) in [5.41, 5.74) is 0. The van der Waals surface area contributed by atoms with Crippen molar-refractivity contribution >= 4 is 12.0 Å². The zero-order valence-corrected chi connectivity index (χ0v) is 9.68. The molecule has 1 saturated heterocycles. The molecule has 0 bridgehead atoms. The molecule has 88 valence electrons. The maximum Gasteiger partial charge on any atom is 0.416 e. The van der Waals surface area contributed by atoms with E-state index in [2.05, 4.69) is 19.1 Å². The van der Waals surface area contributed by atoms with Crippen molar-refractivity contribution in [3.63, 3.8) is 0 Å². The number of ether oxygens (including phenoxy) is 1. The first kappa shape index (κ1) is 11.2. The molecule has 0 saturated carbocycles. The van der Waals surface area contributed by atoms with Crippen molar-refractivity contribution in [1.29, 1.82) is 0 Å². The predicted molar refractivity (Wildman–Crippen MR) is 58.6 cm³/mol. The first-order chi connectivity index (χ1) is 7.59. The first-order valence-corrected chi connectivity index (χ1v) is 5.76. The van der Waals surface area contributed by atoms with Gasteiger partial charge in [0, 0.05) is 5.92 Å². The molecule has 1 heterocycles. The Bertz CT molecular complexity index is 337.